The van der Waals surface area contributed by atoms with E-state index in [4.69, 9.17) is 9.97 Å². The Labute approximate surface area is 158 Å². The molecule has 0 unspecified atom stereocenters. The van der Waals surface area contributed by atoms with Crippen LogP contribution in [0.4, 0.5) is 5.82 Å². The highest BCUT2D eigenvalue weighted by molar-refractivity contribution is 5.48. The Bertz CT molecular complexity index is 615. The standard InChI is InChI=1S/C21H35N5/c1-17-23-19-9-5-4-8-18(19)20(24-17)22-16-21(10-14-25(2)15-11-21)26-12-6-3-7-13-26/h3-16H2,1-2H3,(H,22,23,24). The molecule has 1 aromatic heterocycles. The van der Waals surface area contributed by atoms with E-state index < -0.39 is 0 Å². The first-order valence-corrected chi connectivity index (χ1v) is 10.7. The minimum Gasteiger partial charge on any atom is -0.368 e. The zero-order valence-electron chi connectivity index (χ0n) is 16.7. The number of likely N-dealkylation sites (tertiary alicyclic amines) is 2. The average molecular weight is 358 g/mol. The van der Waals surface area contributed by atoms with E-state index in [2.05, 4.69) is 22.2 Å². The van der Waals surface area contributed by atoms with Crippen LogP contribution < -0.4 is 5.32 Å². The fourth-order valence-corrected chi connectivity index (χ4v) is 5.12. The van der Waals surface area contributed by atoms with Gasteiger partial charge in [-0.25, -0.2) is 9.97 Å². The summed E-state index contributed by atoms with van der Waals surface area (Å²) < 4.78 is 0. The molecule has 4 rings (SSSR count). The molecule has 1 N–H and O–H groups in total. The summed E-state index contributed by atoms with van der Waals surface area (Å²) in [6.45, 7) is 8.02. The van der Waals surface area contributed by atoms with Gasteiger partial charge in [0.15, 0.2) is 0 Å². The molecule has 0 aromatic carbocycles. The molecule has 5 heteroatoms. The molecule has 0 radical (unpaired) electrons. The minimum absolute atomic E-state index is 0.299. The van der Waals surface area contributed by atoms with Gasteiger partial charge in [0.1, 0.15) is 11.6 Å². The van der Waals surface area contributed by atoms with Crippen molar-refractivity contribution in [2.24, 2.45) is 0 Å². The SMILES string of the molecule is Cc1nc2c(c(NCC3(N4CCCCC4)CCN(C)CC3)n1)CCCC2. The monoisotopic (exact) mass is 357 g/mol. The number of nitrogens with one attached hydrogen (secondary N) is 1. The van der Waals surface area contributed by atoms with Gasteiger partial charge in [-0.3, -0.25) is 4.90 Å². The normalized spacial score (nSPS) is 24.2. The van der Waals surface area contributed by atoms with E-state index in [9.17, 15) is 0 Å². The third-order valence-corrected chi connectivity index (χ3v) is 6.82. The molecular formula is C21H35N5. The summed E-state index contributed by atoms with van der Waals surface area (Å²) in [7, 11) is 2.26. The topological polar surface area (TPSA) is 44.3 Å². The molecule has 2 saturated heterocycles. The number of fused-ring (bicyclic) bond motifs is 1. The number of aromatic nitrogens is 2. The van der Waals surface area contributed by atoms with Crippen LogP contribution in [0.25, 0.3) is 0 Å². The van der Waals surface area contributed by atoms with Crippen LogP contribution in [-0.4, -0.2) is 65.1 Å². The molecule has 5 nitrogen and oxygen atoms in total. The summed E-state index contributed by atoms with van der Waals surface area (Å²) in [5.41, 5.74) is 2.98. The van der Waals surface area contributed by atoms with Gasteiger partial charge in [-0.05, 0) is 91.5 Å². The lowest BCUT2D eigenvalue weighted by molar-refractivity contribution is 0.0234. The molecule has 144 valence electrons. The summed E-state index contributed by atoms with van der Waals surface area (Å²) in [6, 6.07) is 0. The van der Waals surface area contributed by atoms with Crippen LogP contribution in [-0.2, 0) is 12.8 Å². The molecule has 0 saturated carbocycles. The van der Waals surface area contributed by atoms with E-state index in [0.29, 0.717) is 5.54 Å². The number of nitrogens with zero attached hydrogens (tertiary/aromatic N) is 4. The van der Waals surface area contributed by atoms with Gasteiger partial charge in [0.2, 0.25) is 0 Å². The molecule has 3 heterocycles. The molecule has 0 bridgehead atoms. The van der Waals surface area contributed by atoms with E-state index in [1.165, 1.54) is 82.4 Å². The zero-order valence-corrected chi connectivity index (χ0v) is 16.7. The maximum Gasteiger partial charge on any atom is 0.133 e. The van der Waals surface area contributed by atoms with Crippen molar-refractivity contribution in [1.29, 1.82) is 0 Å². The van der Waals surface area contributed by atoms with Crippen LogP contribution >= 0.6 is 0 Å². The van der Waals surface area contributed by atoms with Gasteiger partial charge < -0.3 is 10.2 Å². The highest BCUT2D eigenvalue weighted by Gasteiger charge is 2.39. The Morgan fingerprint density at radius 1 is 0.923 bits per heavy atom. The van der Waals surface area contributed by atoms with Crippen LogP contribution in [0.2, 0.25) is 0 Å². The van der Waals surface area contributed by atoms with E-state index >= 15 is 0 Å². The molecular weight excluding hydrogens is 322 g/mol. The predicted octanol–water partition coefficient (Wildman–Crippen LogP) is 3.03. The van der Waals surface area contributed by atoms with E-state index in [1.54, 1.807) is 0 Å². The lowest BCUT2D eigenvalue weighted by Crippen LogP contribution is -2.59. The Kier molecular flexibility index (Phi) is 5.46. The number of rotatable bonds is 4. The summed E-state index contributed by atoms with van der Waals surface area (Å²) in [4.78, 5) is 14.8. The van der Waals surface area contributed by atoms with Crippen LogP contribution in [0, 0.1) is 6.92 Å². The van der Waals surface area contributed by atoms with Crippen molar-refractivity contribution in [3.63, 3.8) is 0 Å². The second kappa shape index (κ2) is 7.81. The van der Waals surface area contributed by atoms with Crippen molar-refractivity contribution in [3.05, 3.63) is 17.1 Å². The molecule has 0 atom stereocenters. The average Bonchev–Trinajstić information content (AvgIpc) is 2.68. The second-order valence-corrected chi connectivity index (χ2v) is 8.68. The van der Waals surface area contributed by atoms with Crippen molar-refractivity contribution >= 4 is 5.82 Å². The summed E-state index contributed by atoms with van der Waals surface area (Å²) in [5.74, 6) is 2.05. The number of piperidine rings is 2. The molecule has 26 heavy (non-hydrogen) atoms. The number of anilines is 1. The smallest absolute Gasteiger partial charge is 0.133 e. The predicted molar refractivity (Wildman–Crippen MR) is 107 cm³/mol. The zero-order chi connectivity index (χ0) is 18.0. The van der Waals surface area contributed by atoms with Gasteiger partial charge in [0, 0.05) is 23.3 Å². The van der Waals surface area contributed by atoms with Crippen molar-refractivity contribution in [2.45, 2.75) is 70.3 Å². The molecule has 3 aliphatic rings. The first kappa shape index (κ1) is 18.2. The number of hydrogen-bond donors (Lipinski definition) is 1. The fraction of sp³-hybridized carbons (Fsp3) is 0.810. The van der Waals surface area contributed by atoms with Crippen LogP contribution in [0.5, 0.6) is 0 Å². The van der Waals surface area contributed by atoms with Crippen LogP contribution in [0.1, 0.15) is 62.0 Å². The van der Waals surface area contributed by atoms with Crippen molar-refractivity contribution in [1.82, 2.24) is 19.8 Å². The lowest BCUT2D eigenvalue weighted by atomic mass is 9.84. The van der Waals surface area contributed by atoms with Gasteiger partial charge in [0.25, 0.3) is 0 Å². The van der Waals surface area contributed by atoms with Crippen molar-refractivity contribution in [3.8, 4) is 0 Å². The molecule has 1 aliphatic carbocycles. The van der Waals surface area contributed by atoms with E-state index in [1.807, 2.05) is 6.92 Å². The van der Waals surface area contributed by atoms with Gasteiger partial charge in [-0.2, -0.15) is 0 Å². The third kappa shape index (κ3) is 3.74. The fourth-order valence-electron chi connectivity index (χ4n) is 5.12. The van der Waals surface area contributed by atoms with Crippen molar-refractivity contribution in [2.75, 3.05) is 45.1 Å². The lowest BCUT2D eigenvalue weighted by Gasteiger charge is -2.50. The Balaban J connectivity index is 1.54. The molecule has 0 amide bonds. The number of aryl methyl sites for hydroxylation is 2. The second-order valence-electron chi connectivity index (χ2n) is 8.68. The van der Waals surface area contributed by atoms with Gasteiger partial charge in [0.05, 0.1) is 0 Å². The molecule has 2 fully saturated rings. The number of hydrogen-bond acceptors (Lipinski definition) is 5. The summed E-state index contributed by atoms with van der Waals surface area (Å²) in [6.07, 6.45) is 11.5. The Hall–Kier alpha value is -1.20. The minimum atomic E-state index is 0.299. The Morgan fingerprint density at radius 3 is 2.42 bits per heavy atom. The third-order valence-electron chi connectivity index (χ3n) is 6.82. The highest BCUT2D eigenvalue weighted by atomic mass is 15.3. The van der Waals surface area contributed by atoms with E-state index in [-0.39, 0.29) is 0 Å². The first-order chi connectivity index (χ1) is 12.7. The first-order valence-electron chi connectivity index (χ1n) is 10.7. The molecule has 1 aromatic rings. The maximum atomic E-state index is 4.81. The largest absolute Gasteiger partial charge is 0.368 e. The van der Waals surface area contributed by atoms with Crippen molar-refractivity contribution < 1.29 is 0 Å². The highest BCUT2D eigenvalue weighted by Crippen LogP contribution is 2.33. The quantitative estimate of drug-likeness (QED) is 0.897. The molecule has 2 aliphatic heterocycles. The molecule has 0 spiro atoms. The van der Waals surface area contributed by atoms with Gasteiger partial charge in [-0.15, -0.1) is 0 Å². The summed E-state index contributed by atoms with van der Waals surface area (Å²) >= 11 is 0. The van der Waals surface area contributed by atoms with Crippen LogP contribution in [0.3, 0.4) is 0 Å². The van der Waals surface area contributed by atoms with Crippen LogP contribution in [0.15, 0.2) is 0 Å². The summed E-state index contributed by atoms with van der Waals surface area (Å²) in [5, 5.41) is 3.83. The van der Waals surface area contributed by atoms with Gasteiger partial charge in [-0.1, -0.05) is 6.42 Å². The van der Waals surface area contributed by atoms with E-state index in [0.717, 1.165) is 31.0 Å². The maximum absolute atomic E-state index is 4.81. The Morgan fingerprint density at radius 2 is 1.65 bits per heavy atom. The van der Waals surface area contributed by atoms with Gasteiger partial charge >= 0.3 is 0 Å².